The first-order valence-electron chi connectivity index (χ1n) is 7.85. The summed E-state index contributed by atoms with van der Waals surface area (Å²) in [5.41, 5.74) is 2.06. The summed E-state index contributed by atoms with van der Waals surface area (Å²) in [6.45, 7) is -0.456. The number of rotatable bonds is 6. The van der Waals surface area contributed by atoms with Gasteiger partial charge in [-0.3, -0.25) is 4.79 Å². The molecule has 2 aromatic rings. The van der Waals surface area contributed by atoms with Crippen molar-refractivity contribution in [3.05, 3.63) is 69.8 Å². The van der Waals surface area contributed by atoms with Gasteiger partial charge in [-0.1, -0.05) is 58.0 Å². The van der Waals surface area contributed by atoms with Crippen molar-refractivity contribution < 1.29 is 19.4 Å². The largest absolute Gasteiger partial charge is 0.481 e. The summed E-state index contributed by atoms with van der Waals surface area (Å²) in [6, 6.07) is 15.1. The highest BCUT2D eigenvalue weighted by Gasteiger charge is 2.23. The molecular formula is C19H14BrNO4S2. The molecular weight excluding hydrogens is 450 g/mol. The van der Waals surface area contributed by atoms with E-state index in [9.17, 15) is 9.59 Å². The second-order valence-electron chi connectivity index (χ2n) is 5.44. The number of carbonyl (C=O) groups is 2. The standard InChI is InChI=1S/C19H14BrNO4S2/c20-14-6-7-16(25-10-17(22)23)13(8-14)9-15-18(24)27-19(21-15)26-11-12-4-2-1-3-5-12/h1-9H,10-11H2,(H,22,23)/b15-9-. The molecule has 0 aromatic heterocycles. The van der Waals surface area contributed by atoms with E-state index < -0.39 is 12.6 Å². The molecule has 0 unspecified atom stereocenters. The fraction of sp³-hybridized carbons (Fsp3) is 0.105. The van der Waals surface area contributed by atoms with Crippen LogP contribution < -0.4 is 4.74 Å². The second-order valence-corrected chi connectivity index (χ2v) is 8.54. The normalized spacial score (nSPS) is 15.1. The van der Waals surface area contributed by atoms with E-state index in [1.165, 1.54) is 11.8 Å². The van der Waals surface area contributed by atoms with Crippen LogP contribution >= 0.6 is 39.5 Å². The Bertz CT molecular complexity index is 929. The number of carboxylic acid groups (broad SMARTS) is 1. The van der Waals surface area contributed by atoms with E-state index >= 15 is 0 Å². The Balaban J connectivity index is 1.77. The maximum absolute atomic E-state index is 12.3. The van der Waals surface area contributed by atoms with E-state index in [1.54, 1.807) is 24.3 Å². The van der Waals surface area contributed by atoms with Gasteiger partial charge >= 0.3 is 5.97 Å². The molecule has 0 saturated heterocycles. The predicted molar refractivity (Wildman–Crippen MR) is 113 cm³/mol. The monoisotopic (exact) mass is 463 g/mol. The van der Waals surface area contributed by atoms with Gasteiger partial charge in [0, 0.05) is 15.8 Å². The quantitative estimate of drug-likeness (QED) is 0.618. The Kier molecular flexibility index (Phi) is 6.76. The highest BCUT2D eigenvalue weighted by molar-refractivity contribution is 9.10. The lowest BCUT2D eigenvalue weighted by Gasteiger charge is -2.07. The molecule has 1 aliphatic rings. The lowest BCUT2D eigenvalue weighted by molar-refractivity contribution is -0.139. The predicted octanol–water partition coefficient (Wildman–Crippen LogP) is 4.82. The minimum atomic E-state index is -1.07. The van der Waals surface area contributed by atoms with Gasteiger partial charge in [-0.05, 0) is 41.6 Å². The van der Waals surface area contributed by atoms with Crippen molar-refractivity contribution in [3.8, 4) is 5.75 Å². The van der Waals surface area contributed by atoms with E-state index in [0.29, 0.717) is 21.4 Å². The molecule has 0 bridgehead atoms. The van der Waals surface area contributed by atoms with Crippen molar-refractivity contribution in [2.45, 2.75) is 5.75 Å². The molecule has 1 heterocycles. The van der Waals surface area contributed by atoms with Crippen LogP contribution in [-0.2, 0) is 15.3 Å². The average Bonchev–Trinajstić information content (AvgIpc) is 3.00. The van der Waals surface area contributed by atoms with Crippen molar-refractivity contribution in [2.75, 3.05) is 6.61 Å². The molecule has 0 aliphatic carbocycles. The smallest absolute Gasteiger partial charge is 0.341 e. The Morgan fingerprint density at radius 1 is 1.26 bits per heavy atom. The maximum atomic E-state index is 12.3. The van der Waals surface area contributed by atoms with Crippen molar-refractivity contribution in [2.24, 2.45) is 4.99 Å². The molecule has 27 heavy (non-hydrogen) atoms. The van der Waals surface area contributed by atoms with Crippen LogP contribution in [0.4, 0.5) is 0 Å². The third kappa shape index (κ3) is 5.72. The molecule has 0 spiro atoms. The summed E-state index contributed by atoms with van der Waals surface area (Å²) in [5.74, 6) is 0.0463. The van der Waals surface area contributed by atoms with Crippen molar-refractivity contribution in [1.29, 1.82) is 0 Å². The minimum absolute atomic E-state index is 0.144. The molecule has 0 fully saturated rings. The number of nitrogens with zero attached hydrogens (tertiary/aromatic N) is 1. The van der Waals surface area contributed by atoms with Crippen LogP contribution in [0.1, 0.15) is 11.1 Å². The molecule has 0 atom stereocenters. The van der Waals surface area contributed by atoms with E-state index in [1.807, 2.05) is 30.3 Å². The summed E-state index contributed by atoms with van der Waals surface area (Å²) in [6.07, 6.45) is 1.62. The summed E-state index contributed by atoms with van der Waals surface area (Å²) in [5, 5.41) is 8.66. The van der Waals surface area contributed by atoms with Gasteiger partial charge in [0.25, 0.3) is 0 Å². The van der Waals surface area contributed by atoms with Gasteiger partial charge in [-0.2, -0.15) is 0 Å². The van der Waals surface area contributed by atoms with Gasteiger partial charge in [0.2, 0.25) is 5.12 Å². The van der Waals surface area contributed by atoms with Crippen LogP contribution in [0.15, 0.2) is 63.7 Å². The molecule has 0 saturated carbocycles. The van der Waals surface area contributed by atoms with E-state index in [0.717, 1.165) is 27.6 Å². The van der Waals surface area contributed by atoms with Gasteiger partial charge < -0.3 is 9.84 Å². The molecule has 8 heteroatoms. The highest BCUT2D eigenvalue weighted by atomic mass is 79.9. The van der Waals surface area contributed by atoms with E-state index in [2.05, 4.69) is 20.9 Å². The average molecular weight is 464 g/mol. The number of halogens is 1. The first kappa shape index (κ1) is 19.7. The Labute approximate surface area is 173 Å². The molecule has 3 rings (SSSR count). The number of aliphatic carboxylic acids is 1. The topological polar surface area (TPSA) is 76.0 Å². The molecule has 5 nitrogen and oxygen atoms in total. The van der Waals surface area contributed by atoms with Crippen molar-refractivity contribution in [1.82, 2.24) is 0 Å². The minimum Gasteiger partial charge on any atom is -0.481 e. The fourth-order valence-electron chi connectivity index (χ4n) is 2.22. The lowest BCUT2D eigenvalue weighted by atomic mass is 10.1. The zero-order valence-electron chi connectivity index (χ0n) is 13.9. The van der Waals surface area contributed by atoms with Crippen molar-refractivity contribution >= 4 is 61.0 Å². The van der Waals surface area contributed by atoms with Gasteiger partial charge in [-0.15, -0.1) is 0 Å². The Morgan fingerprint density at radius 3 is 2.78 bits per heavy atom. The Morgan fingerprint density at radius 2 is 2.04 bits per heavy atom. The number of thioether (sulfide) groups is 2. The second kappa shape index (κ2) is 9.25. The van der Waals surface area contributed by atoms with Gasteiger partial charge in [0.05, 0.1) is 0 Å². The summed E-state index contributed by atoms with van der Waals surface area (Å²) in [4.78, 5) is 27.4. The first-order chi connectivity index (χ1) is 13.0. The van der Waals surface area contributed by atoms with Crippen LogP contribution in [0.5, 0.6) is 5.75 Å². The van der Waals surface area contributed by atoms with Gasteiger partial charge in [-0.25, -0.2) is 9.79 Å². The summed E-state index contributed by atoms with van der Waals surface area (Å²) < 4.78 is 6.78. The maximum Gasteiger partial charge on any atom is 0.341 e. The number of benzene rings is 2. The number of carbonyl (C=O) groups excluding carboxylic acids is 1. The number of hydrogen-bond donors (Lipinski definition) is 1. The number of hydrogen-bond acceptors (Lipinski definition) is 6. The molecule has 0 amide bonds. The van der Waals surface area contributed by atoms with Crippen LogP contribution in [0.2, 0.25) is 0 Å². The summed E-state index contributed by atoms with van der Waals surface area (Å²) in [7, 11) is 0. The van der Waals surface area contributed by atoms with Crippen LogP contribution in [0.25, 0.3) is 6.08 Å². The highest BCUT2D eigenvalue weighted by Crippen LogP contribution is 2.34. The molecule has 1 N–H and O–H groups in total. The zero-order valence-corrected chi connectivity index (χ0v) is 17.1. The third-order valence-corrected chi connectivity index (χ3v) is 5.99. The number of ether oxygens (including phenoxy) is 1. The third-order valence-electron chi connectivity index (χ3n) is 3.42. The van der Waals surface area contributed by atoms with E-state index in [4.69, 9.17) is 9.84 Å². The van der Waals surface area contributed by atoms with Gasteiger partial charge in [0.1, 0.15) is 15.8 Å². The molecule has 2 aromatic carbocycles. The lowest BCUT2D eigenvalue weighted by Crippen LogP contribution is -2.10. The number of carboxylic acids is 1. The first-order valence-corrected chi connectivity index (χ1v) is 10.4. The van der Waals surface area contributed by atoms with Crippen molar-refractivity contribution in [3.63, 3.8) is 0 Å². The van der Waals surface area contributed by atoms with Gasteiger partial charge in [0.15, 0.2) is 6.61 Å². The summed E-state index contributed by atoms with van der Waals surface area (Å²) >= 11 is 5.98. The SMILES string of the molecule is O=C(O)COc1ccc(Br)cc1/C=C1\N=C(SCc2ccccc2)SC1=O. The molecule has 1 aliphatic heterocycles. The molecule has 0 radical (unpaired) electrons. The molecule has 138 valence electrons. The van der Waals surface area contributed by atoms with E-state index in [-0.39, 0.29) is 5.12 Å². The Hall–Kier alpha value is -2.03. The van der Waals surface area contributed by atoms with Crippen LogP contribution in [0, 0.1) is 0 Å². The van der Waals surface area contributed by atoms with Crippen LogP contribution in [0.3, 0.4) is 0 Å². The van der Waals surface area contributed by atoms with Crippen LogP contribution in [-0.4, -0.2) is 27.2 Å². The fourth-order valence-corrected chi connectivity index (χ4v) is 4.40. The number of aliphatic imine (C=N–C) groups is 1. The zero-order chi connectivity index (χ0) is 19.2.